The largest absolute Gasteiger partial charge is 0.379 e. The Hall–Kier alpha value is -1.90. The van der Waals surface area contributed by atoms with Gasteiger partial charge in [-0.3, -0.25) is 4.79 Å². The summed E-state index contributed by atoms with van der Waals surface area (Å²) in [6.07, 6.45) is 0. The van der Waals surface area contributed by atoms with Gasteiger partial charge in [-0.15, -0.1) is 11.8 Å². The van der Waals surface area contributed by atoms with Crippen molar-refractivity contribution in [3.63, 3.8) is 0 Å². The molecule has 26 heavy (non-hydrogen) atoms. The molecule has 3 rings (SSSR count). The molecule has 0 bridgehead atoms. The summed E-state index contributed by atoms with van der Waals surface area (Å²) in [7, 11) is -3.89. The van der Waals surface area contributed by atoms with E-state index in [-0.39, 0.29) is 23.7 Å². The van der Waals surface area contributed by atoms with Crippen molar-refractivity contribution < 1.29 is 17.9 Å². The lowest BCUT2D eigenvalue weighted by Gasteiger charge is -2.14. The third-order valence-corrected chi connectivity index (χ3v) is 6.65. The van der Waals surface area contributed by atoms with Crippen LogP contribution in [-0.2, 0) is 14.8 Å². The summed E-state index contributed by atoms with van der Waals surface area (Å²) >= 11 is 1.66. The van der Waals surface area contributed by atoms with Crippen LogP contribution in [0.25, 0.3) is 0 Å². The van der Waals surface area contributed by atoms with Gasteiger partial charge in [0.1, 0.15) is 0 Å². The second-order valence-electron chi connectivity index (χ2n) is 5.92. The summed E-state index contributed by atoms with van der Waals surface area (Å²) in [5.74, 6) is 0.234. The molecule has 138 valence electrons. The van der Waals surface area contributed by atoms with Crippen LogP contribution in [0, 0.1) is 13.8 Å². The van der Waals surface area contributed by atoms with Crippen molar-refractivity contribution in [2.24, 2.45) is 0 Å². The number of ether oxygens (including phenoxy) is 1. The van der Waals surface area contributed by atoms with E-state index in [1.807, 2.05) is 30.3 Å². The van der Waals surface area contributed by atoms with Gasteiger partial charge in [0.25, 0.3) is 15.9 Å². The third kappa shape index (κ3) is 3.77. The molecule has 1 aliphatic rings. The first-order valence-corrected chi connectivity index (χ1v) is 10.6. The number of thioether (sulfide) groups is 1. The molecule has 1 aromatic heterocycles. The molecule has 0 aliphatic carbocycles. The highest BCUT2D eigenvalue weighted by Crippen LogP contribution is 2.31. The van der Waals surface area contributed by atoms with Gasteiger partial charge in [0, 0.05) is 16.3 Å². The van der Waals surface area contributed by atoms with E-state index in [9.17, 15) is 13.2 Å². The molecule has 0 atom stereocenters. The molecule has 8 heteroatoms. The minimum Gasteiger partial charge on any atom is -0.379 e. The molecular weight excluding hydrogens is 372 g/mol. The Labute approximate surface area is 157 Å². The molecule has 0 unspecified atom stereocenters. The van der Waals surface area contributed by atoms with Gasteiger partial charge >= 0.3 is 0 Å². The predicted molar refractivity (Wildman–Crippen MR) is 99.9 cm³/mol. The number of amides is 1. The summed E-state index contributed by atoms with van der Waals surface area (Å²) in [5.41, 5.74) is 1.38. The van der Waals surface area contributed by atoms with Gasteiger partial charge in [0.15, 0.2) is 5.03 Å². The second-order valence-corrected chi connectivity index (χ2v) is 8.86. The van der Waals surface area contributed by atoms with E-state index in [1.54, 1.807) is 31.7 Å². The molecule has 0 N–H and O–H groups in total. The minimum atomic E-state index is -3.89. The highest BCUT2D eigenvalue weighted by atomic mass is 32.2. The fourth-order valence-corrected chi connectivity index (χ4v) is 5.18. The summed E-state index contributed by atoms with van der Waals surface area (Å²) < 4.78 is 31.5. The third-order valence-electron chi connectivity index (χ3n) is 3.96. The number of fused-ring (bicyclic) bond motifs is 1. The van der Waals surface area contributed by atoms with E-state index in [0.29, 0.717) is 17.9 Å². The first-order chi connectivity index (χ1) is 12.4. The van der Waals surface area contributed by atoms with Crippen LogP contribution in [0.1, 0.15) is 21.6 Å². The lowest BCUT2D eigenvalue weighted by atomic mass is 10.1. The molecule has 1 amide bonds. The molecule has 2 aromatic rings. The minimum absolute atomic E-state index is 0.00792. The van der Waals surface area contributed by atoms with Crippen molar-refractivity contribution in [1.82, 2.24) is 9.29 Å². The maximum Gasteiger partial charge on any atom is 0.285 e. The van der Waals surface area contributed by atoms with E-state index >= 15 is 0 Å². The van der Waals surface area contributed by atoms with Crippen LogP contribution in [0.3, 0.4) is 0 Å². The molecular formula is C18H20N2O4S2. The Morgan fingerprint density at radius 2 is 1.88 bits per heavy atom. The number of hydrogen-bond acceptors (Lipinski definition) is 6. The van der Waals surface area contributed by atoms with Gasteiger partial charge in [0.05, 0.1) is 25.3 Å². The monoisotopic (exact) mass is 392 g/mol. The summed E-state index contributed by atoms with van der Waals surface area (Å²) in [4.78, 5) is 17.7. The van der Waals surface area contributed by atoms with E-state index in [1.165, 1.54) is 0 Å². The number of carbonyl (C=O) groups excluding carboxylic acids is 1. The fraction of sp³-hybridized carbons (Fsp3) is 0.333. The maximum atomic E-state index is 12.6. The van der Waals surface area contributed by atoms with Crippen LogP contribution >= 0.6 is 11.8 Å². The Morgan fingerprint density at radius 1 is 1.15 bits per heavy atom. The van der Waals surface area contributed by atoms with E-state index in [2.05, 4.69) is 4.98 Å². The highest BCUT2D eigenvalue weighted by Gasteiger charge is 2.43. The first kappa shape index (κ1) is 18.9. The van der Waals surface area contributed by atoms with Gasteiger partial charge in [-0.1, -0.05) is 18.2 Å². The van der Waals surface area contributed by atoms with Crippen LogP contribution in [0.2, 0.25) is 0 Å². The number of rotatable bonds is 7. The van der Waals surface area contributed by atoms with Crippen LogP contribution in [-0.4, -0.2) is 49.1 Å². The SMILES string of the molecule is Cc1cc(C)c2c(n1)S(=O)(=O)N(CCOCCSc1ccccc1)C2=O. The van der Waals surface area contributed by atoms with Crippen LogP contribution < -0.4 is 0 Å². The van der Waals surface area contributed by atoms with Crippen LogP contribution in [0.4, 0.5) is 0 Å². The predicted octanol–water partition coefficient (Wildman–Crippen LogP) is 2.65. The van der Waals surface area contributed by atoms with Crippen molar-refractivity contribution in [2.45, 2.75) is 23.8 Å². The Morgan fingerprint density at radius 3 is 2.62 bits per heavy atom. The fourth-order valence-electron chi connectivity index (χ4n) is 2.79. The Balaban J connectivity index is 1.54. The maximum absolute atomic E-state index is 12.6. The highest BCUT2D eigenvalue weighted by molar-refractivity contribution is 7.99. The average Bonchev–Trinajstić information content (AvgIpc) is 2.79. The zero-order chi connectivity index (χ0) is 18.7. The molecule has 1 aliphatic heterocycles. The number of pyridine rings is 1. The normalized spacial score (nSPS) is 15.3. The summed E-state index contributed by atoms with van der Waals surface area (Å²) in [6, 6.07) is 11.7. The Kier molecular flexibility index (Phi) is 5.64. The van der Waals surface area contributed by atoms with E-state index < -0.39 is 15.9 Å². The summed E-state index contributed by atoms with van der Waals surface area (Å²) in [5, 5.41) is -0.139. The molecule has 6 nitrogen and oxygen atoms in total. The molecule has 0 radical (unpaired) electrons. The number of nitrogens with zero attached hydrogens (tertiary/aromatic N) is 2. The van der Waals surface area contributed by atoms with Crippen LogP contribution in [0.5, 0.6) is 0 Å². The van der Waals surface area contributed by atoms with Gasteiger partial charge in [-0.05, 0) is 37.6 Å². The van der Waals surface area contributed by atoms with E-state index in [0.717, 1.165) is 15.0 Å². The lowest BCUT2D eigenvalue weighted by molar-refractivity contribution is 0.0812. The topological polar surface area (TPSA) is 76.6 Å². The molecule has 2 heterocycles. The van der Waals surface area contributed by atoms with Crippen LogP contribution in [0.15, 0.2) is 46.3 Å². The van der Waals surface area contributed by atoms with Crippen molar-refractivity contribution >= 4 is 27.7 Å². The zero-order valence-electron chi connectivity index (χ0n) is 14.6. The van der Waals surface area contributed by atoms with Crippen molar-refractivity contribution in [3.8, 4) is 0 Å². The number of hydrogen-bond donors (Lipinski definition) is 0. The number of carbonyl (C=O) groups is 1. The molecule has 0 saturated carbocycles. The number of aromatic nitrogens is 1. The standard InChI is InChI=1S/C18H20N2O4S2/c1-13-12-14(2)19-17-16(13)18(21)20(26(17,22)23)8-9-24-10-11-25-15-6-4-3-5-7-15/h3-7,12H,8-11H2,1-2H3. The molecule has 1 aromatic carbocycles. The van der Waals surface area contributed by atoms with Crippen molar-refractivity contribution in [3.05, 3.63) is 53.2 Å². The van der Waals surface area contributed by atoms with Gasteiger partial charge in [-0.2, -0.15) is 8.42 Å². The molecule has 0 spiro atoms. The zero-order valence-corrected chi connectivity index (χ0v) is 16.3. The first-order valence-electron chi connectivity index (χ1n) is 8.22. The Bertz CT molecular complexity index is 914. The smallest absolute Gasteiger partial charge is 0.285 e. The summed E-state index contributed by atoms with van der Waals surface area (Å²) in [6.45, 7) is 4.06. The van der Waals surface area contributed by atoms with Gasteiger partial charge < -0.3 is 4.74 Å². The van der Waals surface area contributed by atoms with Crippen molar-refractivity contribution in [1.29, 1.82) is 0 Å². The quantitative estimate of drug-likeness (QED) is 0.533. The molecule has 0 saturated heterocycles. The number of sulfonamides is 1. The number of benzene rings is 1. The van der Waals surface area contributed by atoms with Gasteiger partial charge in [-0.25, -0.2) is 9.29 Å². The lowest BCUT2D eigenvalue weighted by Crippen LogP contribution is -2.33. The number of aryl methyl sites for hydroxylation is 2. The van der Waals surface area contributed by atoms with E-state index in [4.69, 9.17) is 4.74 Å². The molecule has 0 fully saturated rings. The van der Waals surface area contributed by atoms with Crippen molar-refractivity contribution in [2.75, 3.05) is 25.5 Å². The van der Waals surface area contributed by atoms with Gasteiger partial charge in [0.2, 0.25) is 0 Å². The second kappa shape index (κ2) is 7.77. The average molecular weight is 393 g/mol.